The Morgan fingerprint density at radius 3 is 2.40 bits per heavy atom. The van der Waals surface area contributed by atoms with E-state index in [1.54, 1.807) is 6.92 Å². The Morgan fingerprint density at radius 2 is 1.80 bits per heavy atom. The first-order valence-electron chi connectivity index (χ1n) is 8.72. The largest absolute Gasteiger partial charge is 0.459 e. The number of nitrogens with zero attached hydrogens (tertiary/aromatic N) is 1. The number of carbonyl (C=O) groups excluding carboxylic acids is 2. The molecule has 1 aromatic rings. The molecule has 1 aliphatic heterocycles. The van der Waals surface area contributed by atoms with Gasteiger partial charge in [0.05, 0.1) is 11.6 Å². The topological polar surface area (TPSA) is 70.7 Å². The zero-order valence-corrected chi connectivity index (χ0v) is 15.0. The number of allylic oxidation sites excluding steroid dienone is 1. The lowest BCUT2D eigenvalue weighted by Gasteiger charge is -2.29. The number of carbonyl (C=O) groups is 2. The summed E-state index contributed by atoms with van der Waals surface area (Å²) in [5.74, 6) is -0.349. The predicted molar refractivity (Wildman–Crippen MR) is 96.2 cm³/mol. The lowest BCUT2D eigenvalue weighted by atomic mass is 9.95. The Bertz CT molecular complexity index is 688. The molecule has 1 saturated carbocycles. The Hall–Kier alpha value is -2.50. The van der Waals surface area contributed by atoms with Crippen molar-refractivity contribution in [2.45, 2.75) is 44.8 Å². The van der Waals surface area contributed by atoms with Crippen molar-refractivity contribution in [2.24, 2.45) is 0 Å². The van der Waals surface area contributed by atoms with Crippen LogP contribution in [-0.4, -0.2) is 32.2 Å². The Kier molecular flexibility index (Phi) is 4.97. The van der Waals surface area contributed by atoms with Crippen LogP contribution in [0.4, 0.5) is 10.5 Å². The van der Waals surface area contributed by atoms with Crippen LogP contribution in [0.1, 0.15) is 44.2 Å². The minimum Gasteiger partial charge on any atom is -0.459 e. The van der Waals surface area contributed by atoms with Crippen molar-refractivity contribution in [3.8, 4) is 0 Å². The van der Waals surface area contributed by atoms with E-state index < -0.39 is 6.04 Å². The van der Waals surface area contributed by atoms with Crippen molar-refractivity contribution in [3.63, 3.8) is 0 Å². The van der Waals surface area contributed by atoms with E-state index in [2.05, 4.69) is 10.6 Å². The highest BCUT2D eigenvalue weighted by molar-refractivity contribution is 5.95. The van der Waals surface area contributed by atoms with Gasteiger partial charge in [-0.2, -0.15) is 0 Å². The maximum atomic E-state index is 12.8. The van der Waals surface area contributed by atoms with Crippen molar-refractivity contribution in [3.05, 3.63) is 41.1 Å². The zero-order valence-electron chi connectivity index (χ0n) is 15.0. The summed E-state index contributed by atoms with van der Waals surface area (Å²) >= 11 is 0. The van der Waals surface area contributed by atoms with Crippen LogP contribution in [0.3, 0.4) is 0 Å². The molecule has 0 spiro atoms. The monoisotopic (exact) mass is 343 g/mol. The molecule has 2 aliphatic rings. The summed E-state index contributed by atoms with van der Waals surface area (Å²) in [5, 5.41) is 5.53. The van der Waals surface area contributed by atoms with E-state index in [0.717, 1.165) is 36.9 Å². The standard InChI is InChI=1S/C19H25N3O3/c1-12-16(18(23)25-15-6-4-5-7-15)17(21-19(24)20-12)13-8-10-14(11-9-13)22(2)3/h8-11,15,17H,4-7H2,1-3H3,(H2,20,21,24)/t17-/m1/s1. The maximum absolute atomic E-state index is 12.8. The molecule has 0 saturated heterocycles. The van der Waals surface area contributed by atoms with E-state index in [-0.39, 0.29) is 18.1 Å². The first kappa shape index (κ1) is 17.3. The number of anilines is 1. The molecular formula is C19H25N3O3. The van der Waals surface area contributed by atoms with Crippen molar-refractivity contribution in [1.82, 2.24) is 10.6 Å². The first-order valence-corrected chi connectivity index (χ1v) is 8.72. The van der Waals surface area contributed by atoms with Gasteiger partial charge in [0.15, 0.2) is 0 Å². The van der Waals surface area contributed by atoms with E-state index >= 15 is 0 Å². The highest BCUT2D eigenvalue weighted by Gasteiger charge is 2.33. The molecule has 1 atom stereocenters. The SMILES string of the molecule is CC1=C(C(=O)OC2CCCC2)[C@@H](c2ccc(N(C)C)cc2)NC(=O)N1. The van der Waals surface area contributed by atoms with Crippen LogP contribution in [0, 0.1) is 0 Å². The van der Waals surface area contributed by atoms with Gasteiger partial charge in [-0.1, -0.05) is 12.1 Å². The number of urea groups is 1. The lowest BCUT2D eigenvalue weighted by molar-refractivity contribution is -0.144. The number of rotatable bonds is 4. The summed E-state index contributed by atoms with van der Waals surface area (Å²) in [4.78, 5) is 26.7. The van der Waals surface area contributed by atoms with Gasteiger partial charge in [0.2, 0.25) is 0 Å². The van der Waals surface area contributed by atoms with Crippen LogP contribution in [0.2, 0.25) is 0 Å². The number of hydrogen-bond acceptors (Lipinski definition) is 4. The first-order chi connectivity index (χ1) is 12.0. The molecule has 6 heteroatoms. The summed E-state index contributed by atoms with van der Waals surface area (Å²) < 4.78 is 5.67. The molecule has 3 rings (SSSR count). The van der Waals surface area contributed by atoms with Crippen LogP contribution in [0.25, 0.3) is 0 Å². The van der Waals surface area contributed by atoms with Gasteiger partial charge < -0.3 is 20.3 Å². The van der Waals surface area contributed by atoms with Crippen molar-refractivity contribution in [1.29, 1.82) is 0 Å². The predicted octanol–water partition coefficient (Wildman–Crippen LogP) is 2.87. The second-order valence-electron chi connectivity index (χ2n) is 6.87. The van der Waals surface area contributed by atoms with E-state index in [9.17, 15) is 9.59 Å². The Labute approximate surface area is 148 Å². The molecule has 6 nitrogen and oxygen atoms in total. The van der Waals surface area contributed by atoms with Crippen molar-refractivity contribution in [2.75, 3.05) is 19.0 Å². The average Bonchev–Trinajstić information content (AvgIpc) is 3.07. The van der Waals surface area contributed by atoms with Crippen molar-refractivity contribution >= 4 is 17.7 Å². The molecule has 25 heavy (non-hydrogen) atoms. The normalized spacial score (nSPS) is 20.9. The van der Waals surface area contributed by atoms with Gasteiger partial charge in [-0.05, 0) is 50.3 Å². The molecule has 134 valence electrons. The molecule has 2 N–H and O–H groups in total. The number of nitrogens with one attached hydrogen (secondary N) is 2. The molecular weight excluding hydrogens is 318 g/mol. The second-order valence-corrected chi connectivity index (χ2v) is 6.87. The van der Waals surface area contributed by atoms with Gasteiger partial charge in [-0.3, -0.25) is 0 Å². The zero-order chi connectivity index (χ0) is 18.0. The summed E-state index contributed by atoms with van der Waals surface area (Å²) in [6, 6.07) is 7.00. The Morgan fingerprint density at radius 1 is 1.16 bits per heavy atom. The summed E-state index contributed by atoms with van der Waals surface area (Å²) in [6.07, 6.45) is 4.02. The fourth-order valence-corrected chi connectivity index (χ4v) is 3.40. The number of hydrogen-bond donors (Lipinski definition) is 2. The van der Waals surface area contributed by atoms with Gasteiger partial charge in [0.25, 0.3) is 0 Å². The molecule has 0 unspecified atom stereocenters. The maximum Gasteiger partial charge on any atom is 0.338 e. The number of esters is 1. The lowest BCUT2D eigenvalue weighted by Crippen LogP contribution is -2.45. The van der Waals surface area contributed by atoms with E-state index in [1.165, 1.54) is 0 Å². The van der Waals surface area contributed by atoms with Crippen molar-refractivity contribution < 1.29 is 14.3 Å². The molecule has 0 aromatic heterocycles. The number of amides is 2. The molecule has 1 aliphatic carbocycles. The fraction of sp³-hybridized carbons (Fsp3) is 0.474. The smallest absolute Gasteiger partial charge is 0.338 e. The van der Waals surface area contributed by atoms with Crippen LogP contribution in [0.15, 0.2) is 35.5 Å². The summed E-state index contributed by atoms with van der Waals surface area (Å²) in [5.41, 5.74) is 2.94. The van der Waals surface area contributed by atoms with Gasteiger partial charge in [0.1, 0.15) is 6.10 Å². The highest BCUT2D eigenvalue weighted by Crippen LogP contribution is 2.30. The number of benzene rings is 1. The van der Waals surface area contributed by atoms with Gasteiger partial charge in [-0.25, -0.2) is 9.59 Å². The molecule has 1 fully saturated rings. The van der Waals surface area contributed by atoms with Crippen LogP contribution >= 0.6 is 0 Å². The molecule has 2 amide bonds. The quantitative estimate of drug-likeness (QED) is 0.825. The third kappa shape index (κ3) is 3.78. The average molecular weight is 343 g/mol. The van der Waals surface area contributed by atoms with Crippen LogP contribution in [-0.2, 0) is 9.53 Å². The third-order valence-electron chi connectivity index (χ3n) is 4.81. The van der Waals surface area contributed by atoms with Gasteiger partial charge in [0, 0.05) is 25.5 Å². The highest BCUT2D eigenvalue weighted by atomic mass is 16.5. The van der Waals surface area contributed by atoms with Gasteiger partial charge in [-0.15, -0.1) is 0 Å². The minimum atomic E-state index is -0.501. The van der Waals surface area contributed by atoms with E-state index in [0.29, 0.717) is 11.3 Å². The van der Waals surface area contributed by atoms with E-state index in [1.807, 2.05) is 43.3 Å². The fourth-order valence-electron chi connectivity index (χ4n) is 3.40. The molecule has 1 heterocycles. The van der Waals surface area contributed by atoms with Crippen LogP contribution < -0.4 is 15.5 Å². The molecule has 0 radical (unpaired) electrons. The van der Waals surface area contributed by atoms with Crippen LogP contribution in [0.5, 0.6) is 0 Å². The second kappa shape index (κ2) is 7.17. The van der Waals surface area contributed by atoms with Gasteiger partial charge >= 0.3 is 12.0 Å². The van der Waals surface area contributed by atoms with E-state index in [4.69, 9.17) is 4.74 Å². The molecule has 0 bridgehead atoms. The summed E-state index contributed by atoms with van der Waals surface area (Å²) in [7, 11) is 3.94. The summed E-state index contributed by atoms with van der Waals surface area (Å²) in [6.45, 7) is 1.74. The number of ether oxygens (including phenoxy) is 1. The molecule has 1 aromatic carbocycles. The minimum absolute atomic E-state index is 0.0119. The Balaban J connectivity index is 1.87. The third-order valence-corrected chi connectivity index (χ3v) is 4.81.